The highest BCUT2D eigenvalue weighted by molar-refractivity contribution is 5.98. The Hall–Kier alpha value is -2.58. The summed E-state index contributed by atoms with van der Waals surface area (Å²) in [7, 11) is 1.83. The van der Waals surface area contributed by atoms with E-state index in [1.54, 1.807) is 15.8 Å². The first kappa shape index (κ1) is 17.2. The molecule has 0 unspecified atom stereocenters. The monoisotopic (exact) mass is 347 g/mol. The van der Waals surface area contributed by atoms with Gasteiger partial charge in [0, 0.05) is 38.9 Å². The smallest absolute Gasteiger partial charge is 0.246 e. The third-order valence-electron chi connectivity index (χ3n) is 4.17. The van der Waals surface area contributed by atoms with Crippen LogP contribution in [0.2, 0.25) is 0 Å². The summed E-state index contributed by atoms with van der Waals surface area (Å²) in [5.74, 6) is 0.526. The SMILES string of the molecule is CCNC(=NCC(=O)NC1CC1)N1CCN(c2cnn(C)c2)C(=O)C1. The van der Waals surface area contributed by atoms with E-state index in [0.717, 1.165) is 18.5 Å². The first-order chi connectivity index (χ1) is 12.1. The summed E-state index contributed by atoms with van der Waals surface area (Å²) in [5, 5.41) is 10.2. The van der Waals surface area contributed by atoms with Gasteiger partial charge in [-0.05, 0) is 19.8 Å². The molecule has 9 heteroatoms. The molecule has 2 heterocycles. The number of nitrogens with zero attached hydrogens (tertiary/aromatic N) is 5. The fourth-order valence-electron chi connectivity index (χ4n) is 2.75. The molecule has 2 aliphatic rings. The molecular weight excluding hydrogens is 322 g/mol. The van der Waals surface area contributed by atoms with E-state index in [9.17, 15) is 9.59 Å². The van der Waals surface area contributed by atoms with Crippen LogP contribution >= 0.6 is 0 Å². The first-order valence-electron chi connectivity index (χ1n) is 8.68. The molecule has 1 aromatic heterocycles. The lowest BCUT2D eigenvalue weighted by Crippen LogP contribution is -2.55. The van der Waals surface area contributed by atoms with Crippen molar-refractivity contribution in [3.8, 4) is 0 Å². The van der Waals surface area contributed by atoms with Crippen molar-refractivity contribution in [1.29, 1.82) is 0 Å². The molecule has 1 saturated carbocycles. The largest absolute Gasteiger partial charge is 0.356 e. The van der Waals surface area contributed by atoms with Gasteiger partial charge in [-0.15, -0.1) is 0 Å². The van der Waals surface area contributed by atoms with Crippen LogP contribution in [0, 0.1) is 0 Å². The van der Waals surface area contributed by atoms with Gasteiger partial charge in [0.25, 0.3) is 0 Å². The van der Waals surface area contributed by atoms with Gasteiger partial charge in [-0.1, -0.05) is 0 Å². The first-order valence-corrected chi connectivity index (χ1v) is 8.68. The molecule has 1 aromatic rings. The van der Waals surface area contributed by atoms with Gasteiger partial charge in [0.1, 0.15) is 13.1 Å². The molecule has 0 radical (unpaired) electrons. The molecule has 0 spiro atoms. The zero-order valence-electron chi connectivity index (χ0n) is 14.7. The molecule has 25 heavy (non-hydrogen) atoms. The third-order valence-corrected chi connectivity index (χ3v) is 4.17. The Morgan fingerprint density at radius 1 is 1.40 bits per heavy atom. The van der Waals surface area contributed by atoms with Crippen LogP contribution in [0.25, 0.3) is 0 Å². The minimum absolute atomic E-state index is 0.00714. The molecule has 136 valence electrons. The topological polar surface area (TPSA) is 94.9 Å². The van der Waals surface area contributed by atoms with Crippen LogP contribution in [-0.4, -0.2) is 71.2 Å². The number of anilines is 1. The van der Waals surface area contributed by atoms with Crippen molar-refractivity contribution in [3.05, 3.63) is 12.4 Å². The number of guanidine groups is 1. The van der Waals surface area contributed by atoms with Crippen molar-refractivity contribution in [2.45, 2.75) is 25.8 Å². The Morgan fingerprint density at radius 2 is 2.20 bits per heavy atom. The lowest BCUT2D eigenvalue weighted by atomic mass is 10.3. The van der Waals surface area contributed by atoms with E-state index in [1.807, 2.05) is 25.1 Å². The van der Waals surface area contributed by atoms with Crippen molar-refractivity contribution in [1.82, 2.24) is 25.3 Å². The summed E-state index contributed by atoms with van der Waals surface area (Å²) in [6, 6.07) is 0.329. The Bertz CT molecular complexity index is 665. The maximum atomic E-state index is 12.5. The minimum Gasteiger partial charge on any atom is -0.356 e. The summed E-state index contributed by atoms with van der Waals surface area (Å²) < 4.78 is 1.68. The molecule has 2 fully saturated rings. The molecule has 9 nitrogen and oxygen atoms in total. The van der Waals surface area contributed by atoms with E-state index < -0.39 is 0 Å². The van der Waals surface area contributed by atoms with E-state index >= 15 is 0 Å². The van der Waals surface area contributed by atoms with Crippen LogP contribution in [-0.2, 0) is 16.6 Å². The number of nitrogens with one attached hydrogen (secondary N) is 2. The zero-order chi connectivity index (χ0) is 17.8. The highest BCUT2D eigenvalue weighted by Crippen LogP contribution is 2.18. The van der Waals surface area contributed by atoms with E-state index in [1.165, 1.54) is 0 Å². The number of piperazine rings is 1. The fraction of sp³-hybridized carbons (Fsp3) is 0.625. The molecule has 3 rings (SSSR count). The standard InChI is InChI=1S/C16H25N7O2/c1-3-17-16(18-9-14(24)20-12-4-5-12)22-6-7-23(15(25)11-22)13-8-19-21(2)10-13/h8,10,12H,3-7,9,11H2,1-2H3,(H,17,18)(H,20,24). The number of aromatic nitrogens is 2. The van der Waals surface area contributed by atoms with Crippen molar-refractivity contribution < 1.29 is 9.59 Å². The highest BCUT2D eigenvalue weighted by Gasteiger charge is 2.28. The summed E-state index contributed by atoms with van der Waals surface area (Å²) >= 11 is 0. The number of aliphatic imine (C=N–C) groups is 1. The lowest BCUT2D eigenvalue weighted by Gasteiger charge is -2.35. The molecule has 0 atom stereocenters. The van der Waals surface area contributed by atoms with Crippen molar-refractivity contribution in [2.24, 2.45) is 12.0 Å². The Labute approximate surface area is 147 Å². The number of amides is 2. The average molecular weight is 347 g/mol. The molecule has 2 amide bonds. The second-order valence-electron chi connectivity index (χ2n) is 6.35. The number of carbonyl (C=O) groups excluding carboxylic acids is 2. The van der Waals surface area contributed by atoms with E-state index in [4.69, 9.17) is 0 Å². The number of hydrogen-bond acceptors (Lipinski definition) is 4. The molecule has 1 saturated heterocycles. The molecule has 0 aromatic carbocycles. The van der Waals surface area contributed by atoms with Gasteiger partial charge in [-0.3, -0.25) is 14.3 Å². The summed E-state index contributed by atoms with van der Waals surface area (Å²) in [6.45, 7) is 4.16. The second kappa shape index (κ2) is 7.54. The predicted molar refractivity (Wildman–Crippen MR) is 94.3 cm³/mol. The van der Waals surface area contributed by atoms with Crippen LogP contribution in [0.1, 0.15) is 19.8 Å². The van der Waals surface area contributed by atoms with Gasteiger partial charge in [0.05, 0.1) is 11.9 Å². The molecule has 0 bridgehead atoms. The van der Waals surface area contributed by atoms with Gasteiger partial charge in [0.2, 0.25) is 11.8 Å². The Kier molecular flexibility index (Phi) is 5.20. The van der Waals surface area contributed by atoms with Crippen LogP contribution in [0.3, 0.4) is 0 Å². The second-order valence-corrected chi connectivity index (χ2v) is 6.35. The van der Waals surface area contributed by atoms with E-state index in [2.05, 4.69) is 20.7 Å². The maximum absolute atomic E-state index is 12.5. The molecular formula is C16H25N7O2. The number of carbonyl (C=O) groups is 2. The maximum Gasteiger partial charge on any atom is 0.246 e. The summed E-state index contributed by atoms with van der Waals surface area (Å²) in [4.78, 5) is 32.3. The highest BCUT2D eigenvalue weighted by atomic mass is 16.2. The summed E-state index contributed by atoms with van der Waals surface area (Å²) in [5.41, 5.74) is 0.804. The molecule has 2 N–H and O–H groups in total. The lowest BCUT2D eigenvalue weighted by molar-refractivity contribution is -0.120. The van der Waals surface area contributed by atoms with Gasteiger partial charge < -0.3 is 20.4 Å². The van der Waals surface area contributed by atoms with Crippen molar-refractivity contribution in [2.75, 3.05) is 37.6 Å². The number of aryl methyl sites for hydroxylation is 1. The number of rotatable bonds is 5. The fourth-order valence-corrected chi connectivity index (χ4v) is 2.75. The van der Waals surface area contributed by atoms with E-state index in [0.29, 0.717) is 31.6 Å². The van der Waals surface area contributed by atoms with Gasteiger partial charge in [0.15, 0.2) is 5.96 Å². The third kappa shape index (κ3) is 4.49. The van der Waals surface area contributed by atoms with Gasteiger partial charge in [-0.2, -0.15) is 5.10 Å². The van der Waals surface area contributed by atoms with Crippen LogP contribution < -0.4 is 15.5 Å². The van der Waals surface area contributed by atoms with Gasteiger partial charge in [-0.25, -0.2) is 4.99 Å². The average Bonchev–Trinajstić information content (AvgIpc) is 3.29. The zero-order valence-corrected chi connectivity index (χ0v) is 14.7. The molecule has 1 aliphatic heterocycles. The van der Waals surface area contributed by atoms with Gasteiger partial charge >= 0.3 is 0 Å². The normalized spacial score (nSPS) is 18.5. The van der Waals surface area contributed by atoms with Crippen LogP contribution in [0.5, 0.6) is 0 Å². The minimum atomic E-state index is -0.0711. The Balaban J connectivity index is 1.60. The molecule has 1 aliphatic carbocycles. The quantitative estimate of drug-likeness (QED) is 0.543. The van der Waals surface area contributed by atoms with Crippen molar-refractivity contribution >= 4 is 23.5 Å². The Morgan fingerprint density at radius 3 is 2.80 bits per heavy atom. The number of hydrogen-bond donors (Lipinski definition) is 2. The van der Waals surface area contributed by atoms with Crippen molar-refractivity contribution in [3.63, 3.8) is 0 Å². The summed E-state index contributed by atoms with van der Waals surface area (Å²) in [6.07, 6.45) is 5.63. The van der Waals surface area contributed by atoms with E-state index in [-0.39, 0.29) is 24.9 Å². The van der Waals surface area contributed by atoms with Crippen LogP contribution in [0.15, 0.2) is 17.4 Å². The predicted octanol–water partition coefficient (Wildman–Crippen LogP) is -0.687. The van der Waals surface area contributed by atoms with Crippen LogP contribution in [0.4, 0.5) is 5.69 Å².